The fourth-order valence-corrected chi connectivity index (χ4v) is 3.13. The van der Waals surface area contributed by atoms with Crippen LogP contribution in [0.1, 0.15) is 22.6 Å². The Morgan fingerprint density at radius 3 is 2.81 bits per heavy atom. The lowest BCUT2D eigenvalue weighted by atomic mass is 10.2. The second-order valence-electron chi connectivity index (χ2n) is 6.16. The molecule has 1 fully saturated rings. The first-order valence-corrected chi connectivity index (χ1v) is 8.56. The van der Waals surface area contributed by atoms with Crippen molar-refractivity contribution < 1.29 is 14.3 Å². The number of hydrogen-bond acceptors (Lipinski definition) is 6. The van der Waals surface area contributed by atoms with Crippen LogP contribution in [0.2, 0.25) is 0 Å². The van der Waals surface area contributed by atoms with Crippen molar-refractivity contribution in [3.8, 4) is 17.2 Å². The lowest BCUT2D eigenvalue weighted by molar-refractivity contribution is 0.0759. The third kappa shape index (κ3) is 3.47. The van der Waals surface area contributed by atoms with Crippen molar-refractivity contribution in [1.29, 1.82) is 0 Å². The zero-order valence-electron chi connectivity index (χ0n) is 14.6. The lowest BCUT2D eigenvalue weighted by Crippen LogP contribution is -2.34. The molecule has 2 aliphatic heterocycles. The van der Waals surface area contributed by atoms with Gasteiger partial charge >= 0.3 is 0 Å². The van der Waals surface area contributed by atoms with Gasteiger partial charge in [0.15, 0.2) is 17.2 Å². The molecular weight excluding hydrogens is 358 g/mol. The maximum Gasteiger partial charge on any atom is 0.276 e. The predicted octanol–water partition coefficient (Wildman–Crippen LogP) is 1.20. The van der Waals surface area contributed by atoms with Gasteiger partial charge in [-0.15, -0.1) is 17.5 Å². The molecule has 0 unspecified atom stereocenters. The van der Waals surface area contributed by atoms with Crippen molar-refractivity contribution in [2.75, 3.05) is 39.4 Å². The number of rotatable bonds is 2. The van der Waals surface area contributed by atoms with Gasteiger partial charge in [-0.2, -0.15) is 0 Å². The summed E-state index contributed by atoms with van der Waals surface area (Å²) in [7, 11) is 0. The number of aromatic nitrogens is 3. The van der Waals surface area contributed by atoms with Gasteiger partial charge in [-0.1, -0.05) is 5.21 Å². The fourth-order valence-electron chi connectivity index (χ4n) is 3.13. The van der Waals surface area contributed by atoms with Crippen LogP contribution in [-0.2, 0) is 0 Å². The van der Waals surface area contributed by atoms with Gasteiger partial charge in [0.05, 0.1) is 11.4 Å². The Kier molecular flexibility index (Phi) is 5.63. The maximum atomic E-state index is 12.8. The zero-order chi connectivity index (χ0) is 17.2. The predicted molar refractivity (Wildman–Crippen MR) is 97.7 cm³/mol. The van der Waals surface area contributed by atoms with Crippen LogP contribution in [0.25, 0.3) is 5.69 Å². The number of fused-ring (bicyclic) bond motifs is 1. The number of carbonyl (C=O) groups is 1. The van der Waals surface area contributed by atoms with Crippen LogP contribution in [0.4, 0.5) is 0 Å². The second kappa shape index (κ2) is 7.92. The molecule has 1 aromatic carbocycles. The molecule has 2 aromatic rings. The van der Waals surface area contributed by atoms with Crippen LogP contribution in [0, 0.1) is 6.92 Å². The molecule has 1 aromatic heterocycles. The SMILES string of the molecule is Cc1c(C(=O)N2CCCNCC2)nnn1-c1ccc2c(c1)OCCO2.Cl. The first kappa shape index (κ1) is 18.5. The first-order valence-electron chi connectivity index (χ1n) is 8.56. The minimum absolute atomic E-state index is 0. The third-order valence-electron chi connectivity index (χ3n) is 4.49. The van der Waals surface area contributed by atoms with E-state index in [2.05, 4.69) is 15.6 Å². The molecule has 8 nitrogen and oxygen atoms in total. The zero-order valence-corrected chi connectivity index (χ0v) is 15.4. The van der Waals surface area contributed by atoms with E-state index < -0.39 is 0 Å². The number of nitrogens with zero attached hydrogens (tertiary/aromatic N) is 4. The van der Waals surface area contributed by atoms with Gasteiger partial charge in [-0.05, 0) is 32.0 Å². The standard InChI is InChI=1S/C17H21N5O3.ClH/c1-12-16(17(23)21-7-2-5-18-6-8-21)19-20-22(12)13-3-4-14-15(11-13)25-10-9-24-14;/h3-4,11,18H,2,5-10H2,1H3;1H. The van der Waals surface area contributed by atoms with E-state index in [0.29, 0.717) is 31.2 Å². The van der Waals surface area contributed by atoms with Crippen LogP contribution in [-0.4, -0.2) is 65.2 Å². The second-order valence-corrected chi connectivity index (χ2v) is 6.16. The monoisotopic (exact) mass is 379 g/mol. The highest BCUT2D eigenvalue weighted by Gasteiger charge is 2.24. The van der Waals surface area contributed by atoms with Crippen molar-refractivity contribution in [3.63, 3.8) is 0 Å². The Bertz CT molecular complexity index is 787. The van der Waals surface area contributed by atoms with Gasteiger partial charge < -0.3 is 19.7 Å². The molecule has 1 N–H and O–H groups in total. The number of ether oxygens (including phenoxy) is 2. The molecule has 0 aliphatic carbocycles. The quantitative estimate of drug-likeness (QED) is 0.844. The Morgan fingerprint density at radius 1 is 1.15 bits per heavy atom. The van der Waals surface area contributed by atoms with E-state index in [-0.39, 0.29) is 18.3 Å². The molecule has 0 saturated carbocycles. The molecule has 1 saturated heterocycles. The van der Waals surface area contributed by atoms with Crippen molar-refractivity contribution in [1.82, 2.24) is 25.2 Å². The molecular formula is C17H22ClN5O3. The highest BCUT2D eigenvalue weighted by molar-refractivity contribution is 5.93. The smallest absolute Gasteiger partial charge is 0.276 e. The van der Waals surface area contributed by atoms with Crippen molar-refractivity contribution in [2.45, 2.75) is 13.3 Å². The van der Waals surface area contributed by atoms with Crippen molar-refractivity contribution in [2.24, 2.45) is 0 Å². The van der Waals surface area contributed by atoms with Gasteiger partial charge in [0.2, 0.25) is 0 Å². The molecule has 26 heavy (non-hydrogen) atoms. The average Bonchev–Trinajstić information content (AvgIpc) is 2.85. The summed E-state index contributed by atoms with van der Waals surface area (Å²) >= 11 is 0. The average molecular weight is 380 g/mol. The van der Waals surface area contributed by atoms with Crippen LogP contribution in [0.5, 0.6) is 11.5 Å². The van der Waals surface area contributed by atoms with Gasteiger partial charge in [0, 0.05) is 25.7 Å². The Balaban J connectivity index is 0.00000196. The highest BCUT2D eigenvalue weighted by Crippen LogP contribution is 2.32. The van der Waals surface area contributed by atoms with E-state index in [1.165, 1.54) is 0 Å². The van der Waals surface area contributed by atoms with Crippen LogP contribution in [0.3, 0.4) is 0 Å². The molecule has 3 heterocycles. The summed E-state index contributed by atoms with van der Waals surface area (Å²) in [6, 6.07) is 5.60. The van der Waals surface area contributed by atoms with Crippen LogP contribution < -0.4 is 14.8 Å². The van der Waals surface area contributed by atoms with E-state index in [1.807, 2.05) is 30.0 Å². The summed E-state index contributed by atoms with van der Waals surface area (Å²) in [4.78, 5) is 14.6. The molecule has 2 aliphatic rings. The fraction of sp³-hybridized carbons (Fsp3) is 0.471. The molecule has 0 spiro atoms. The summed E-state index contributed by atoms with van der Waals surface area (Å²) in [5.41, 5.74) is 1.92. The van der Waals surface area contributed by atoms with Gasteiger partial charge in [0.25, 0.3) is 5.91 Å². The van der Waals surface area contributed by atoms with Crippen molar-refractivity contribution >= 4 is 18.3 Å². The molecule has 1 amide bonds. The number of hydrogen-bond donors (Lipinski definition) is 1. The lowest BCUT2D eigenvalue weighted by Gasteiger charge is -2.19. The summed E-state index contributed by atoms with van der Waals surface area (Å²) in [5, 5.41) is 11.6. The van der Waals surface area contributed by atoms with Crippen LogP contribution in [0.15, 0.2) is 18.2 Å². The first-order chi connectivity index (χ1) is 12.2. The summed E-state index contributed by atoms with van der Waals surface area (Å²) in [6.07, 6.45) is 0.946. The summed E-state index contributed by atoms with van der Waals surface area (Å²) < 4.78 is 12.8. The van der Waals surface area contributed by atoms with Crippen LogP contribution >= 0.6 is 12.4 Å². The Labute approximate surface area is 157 Å². The number of benzene rings is 1. The van der Waals surface area contributed by atoms with E-state index in [9.17, 15) is 4.79 Å². The normalized spacial score (nSPS) is 16.6. The molecule has 0 atom stereocenters. The summed E-state index contributed by atoms with van der Waals surface area (Å²) in [6.45, 7) is 6.11. The van der Waals surface area contributed by atoms with Gasteiger partial charge in [0.1, 0.15) is 13.2 Å². The third-order valence-corrected chi connectivity index (χ3v) is 4.49. The minimum atomic E-state index is -0.0648. The Morgan fingerprint density at radius 2 is 1.96 bits per heavy atom. The number of halogens is 1. The van der Waals surface area contributed by atoms with Crippen molar-refractivity contribution in [3.05, 3.63) is 29.6 Å². The number of amides is 1. The topological polar surface area (TPSA) is 81.5 Å². The molecule has 140 valence electrons. The van der Waals surface area contributed by atoms with Gasteiger partial charge in [-0.3, -0.25) is 4.79 Å². The Hall–Kier alpha value is -2.32. The number of carbonyl (C=O) groups excluding carboxylic acids is 1. The molecule has 9 heteroatoms. The molecule has 0 bridgehead atoms. The summed E-state index contributed by atoms with van der Waals surface area (Å²) in [5.74, 6) is 1.34. The number of nitrogens with one attached hydrogen (secondary N) is 1. The van der Waals surface area contributed by atoms with E-state index in [0.717, 1.165) is 43.2 Å². The van der Waals surface area contributed by atoms with E-state index in [1.54, 1.807) is 4.68 Å². The largest absolute Gasteiger partial charge is 0.486 e. The maximum absolute atomic E-state index is 12.8. The molecule has 4 rings (SSSR count). The minimum Gasteiger partial charge on any atom is -0.486 e. The van der Waals surface area contributed by atoms with Gasteiger partial charge in [-0.25, -0.2) is 4.68 Å². The van der Waals surface area contributed by atoms with E-state index in [4.69, 9.17) is 9.47 Å². The molecule has 0 radical (unpaired) electrons. The highest BCUT2D eigenvalue weighted by atomic mass is 35.5. The van der Waals surface area contributed by atoms with E-state index >= 15 is 0 Å².